The van der Waals surface area contributed by atoms with Gasteiger partial charge >= 0.3 is 0 Å². The van der Waals surface area contributed by atoms with Gasteiger partial charge in [-0.15, -0.1) is 0 Å². The maximum absolute atomic E-state index is 14.0. The fourth-order valence-corrected chi connectivity index (χ4v) is 6.67. The third kappa shape index (κ3) is 5.72. The van der Waals surface area contributed by atoms with E-state index in [-0.39, 0.29) is 29.8 Å². The fourth-order valence-electron chi connectivity index (χ4n) is 6.67. The molecule has 0 bridgehead atoms. The third-order valence-corrected chi connectivity index (χ3v) is 9.05. The van der Waals surface area contributed by atoms with Gasteiger partial charge in [0.15, 0.2) is 0 Å². The van der Waals surface area contributed by atoms with Crippen LogP contribution in [0.25, 0.3) is 11.0 Å². The lowest BCUT2D eigenvalue weighted by Gasteiger charge is -2.43. The van der Waals surface area contributed by atoms with Crippen molar-refractivity contribution >= 4 is 16.9 Å². The highest BCUT2D eigenvalue weighted by molar-refractivity contribution is 5.80. The largest absolute Gasteiger partial charge is 0.388 e. The van der Waals surface area contributed by atoms with E-state index in [0.29, 0.717) is 37.0 Å². The Balaban J connectivity index is 1.13. The molecular weight excluding hydrogens is 514 g/mol. The van der Waals surface area contributed by atoms with Gasteiger partial charge in [0.2, 0.25) is 5.91 Å². The molecule has 41 heavy (non-hydrogen) atoms. The molecule has 2 aliphatic rings. The zero-order valence-corrected chi connectivity index (χ0v) is 23.7. The minimum absolute atomic E-state index is 0.0903. The zero-order chi connectivity index (χ0) is 28.4. The number of nitrogens with zero attached hydrogens (tertiary/aromatic N) is 5. The molecule has 4 heterocycles. The van der Waals surface area contributed by atoms with Crippen LogP contribution in [0.5, 0.6) is 0 Å². The van der Waals surface area contributed by atoms with Crippen LogP contribution in [0.4, 0.5) is 0 Å². The standard InChI is InChI=1S/C33H39N5O3/c1-2-36-18-14-28-30(36)34-24-38(32(28)40)23-33(41)15-19-37(20-16-33)31(39)27-13-17-35(21-25-9-5-3-6-10-25)22-29(27)26-11-7-4-8-12-26/h3-12,14,18,24,27,29,41H,2,13,15-17,19-23H2,1H3/t27-,29+/m0/s1. The summed E-state index contributed by atoms with van der Waals surface area (Å²) in [5.74, 6) is 0.211. The number of hydrogen-bond donors (Lipinski definition) is 1. The van der Waals surface area contributed by atoms with Crippen molar-refractivity contribution in [1.82, 2.24) is 23.9 Å². The normalized spacial score (nSPS) is 21.3. The smallest absolute Gasteiger partial charge is 0.262 e. The van der Waals surface area contributed by atoms with E-state index in [1.165, 1.54) is 15.7 Å². The van der Waals surface area contributed by atoms with Crippen molar-refractivity contribution in [2.75, 3.05) is 26.2 Å². The number of rotatable bonds is 7. The van der Waals surface area contributed by atoms with Crippen molar-refractivity contribution in [3.05, 3.63) is 101 Å². The molecular formula is C33H39N5O3. The van der Waals surface area contributed by atoms with E-state index in [9.17, 15) is 14.7 Å². The second kappa shape index (κ2) is 11.6. The van der Waals surface area contributed by atoms with Crippen molar-refractivity contribution < 1.29 is 9.90 Å². The van der Waals surface area contributed by atoms with Crippen molar-refractivity contribution in [1.29, 1.82) is 0 Å². The van der Waals surface area contributed by atoms with Crippen molar-refractivity contribution in [2.45, 2.75) is 57.3 Å². The van der Waals surface area contributed by atoms with E-state index in [2.05, 4.69) is 58.4 Å². The predicted octanol–water partition coefficient (Wildman–Crippen LogP) is 3.88. The van der Waals surface area contributed by atoms with Crippen LogP contribution in [0.3, 0.4) is 0 Å². The minimum atomic E-state index is -1.05. The summed E-state index contributed by atoms with van der Waals surface area (Å²) in [5, 5.41) is 12.0. The lowest BCUT2D eigenvalue weighted by atomic mass is 9.79. The highest BCUT2D eigenvalue weighted by Crippen LogP contribution is 2.36. The summed E-state index contributed by atoms with van der Waals surface area (Å²) in [6.45, 7) is 6.50. The molecule has 0 aliphatic carbocycles. The molecule has 1 N–H and O–H groups in total. The summed E-state index contributed by atoms with van der Waals surface area (Å²) in [7, 11) is 0. The number of aliphatic hydroxyl groups is 1. The molecule has 4 aromatic rings. The maximum Gasteiger partial charge on any atom is 0.262 e. The Labute approximate surface area is 240 Å². The van der Waals surface area contributed by atoms with Gasteiger partial charge in [0.25, 0.3) is 5.56 Å². The van der Waals surface area contributed by atoms with Crippen molar-refractivity contribution in [3.63, 3.8) is 0 Å². The second-order valence-electron chi connectivity index (χ2n) is 11.7. The number of hydrogen-bond acceptors (Lipinski definition) is 5. The summed E-state index contributed by atoms with van der Waals surface area (Å²) >= 11 is 0. The number of aromatic nitrogens is 3. The highest BCUT2D eigenvalue weighted by Gasteiger charge is 2.40. The first-order valence-electron chi connectivity index (χ1n) is 14.8. The number of carbonyl (C=O) groups excluding carboxylic acids is 1. The van der Waals surface area contributed by atoms with Crippen LogP contribution in [0, 0.1) is 5.92 Å². The van der Waals surface area contributed by atoms with Gasteiger partial charge in [-0.25, -0.2) is 4.98 Å². The van der Waals surface area contributed by atoms with E-state index >= 15 is 0 Å². The Morgan fingerprint density at radius 1 is 0.976 bits per heavy atom. The van der Waals surface area contributed by atoms with E-state index in [1.807, 2.05) is 34.7 Å². The van der Waals surface area contributed by atoms with Crippen LogP contribution in [-0.2, 0) is 24.4 Å². The van der Waals surface area contributed by atoms with Gasteiger partial charge in [-0.2, -0.15) is 0 Å². The van der Waals surface area contributed by atoms with Crippen LogP contribution in [0.2, 0.25) is 0 Å². The van der Waals surface area contributed by atoms with Gasteiger partial charge in [-0.1, -0.05) is 60.7 Å². The van der Waals surface area contributed by atoms with Gasteiger partial charge in [0, 0.05) is 50.8 Å². The summed E-state index contributed by atoms with van der Waals surface area (Å²) in [5.41, 5.74) is 1.97. The molecule has 0 spiro atoms. The molecule has 0 saturated carbocycles. The van der Waals surface area contributed by atoms with Crippen LogP contribution >= 0.6 is 0 Å². The Morgan fingerprint density at radius 3 is 2.39 bits per heavy atom. The number of amides is 1. The average molecular weight is 554 g/mol. The summed E-state index contributed by atoms with van der Waals surface area (Å²) in [6.07, 6.45) is 5.09. The summed E-state index contributed by atoms with van der Waals surface area (Å²) in [4.78, 5) is 35.9. The first kappa shape index (κ1) is 27.4. The minimum Gasteiger partial charge on any atom is -0.388 e. The maximum atomic E-state index is 14.0. The molecule has 1 amide bonds. The lowest BCUT2D eigenvalue weighted by molar-refractivity contribution is -0.142. The van der Waals surface area contributed by atoms with E-state index < -0.39 is 5.60 Å². The molecule has 0 radical (unpaired) electrons. The third-order valence-electron chi connectivity index (χ3n) is 9.05. The molecule has 2 aromatic carbocycles. The summed E-state index contributed by atoms with van der Waals surface area (Å²) < 4.78 is 3.46. The Hall–Kier alpha value is -3.75. The highest BCUT2D eigenvalue weighted by atomic mass is 16.3. The van der Waals surface area contributed by atoms with Crippen molar-refractivity contribution in [3.8, 4) is 0 Å². The van der Waals surface area contributed by atoms with Gasteiger partial charge < -0.3 is 14.6 Å². The van der Waals surface area contributed by atoms with Gasteiger partial charge in [-0.3, -0.25) is 19.1 Å². The van der Waals surface area contributed by atoms with Crippen LogP contribution in [0.15, 0.2) is 84.0 Å². The van der Waals surface area contributed by atoms with E-state index in [0.717, 1.165) is 32.6 Å². The van der Waals surface area contributed by atoms with Gasteiger partial charge in [0.1, 0.15) is 12.0 Å². The molecule has 2 saturated heterocycles. The lowest BCUT2D eigenvalue weighted by Crippen LogP contribution is -2.53. The SMILES string of the molecule is CCn1ccc2c(=O)n(CC3(O)CCN(C(=O)[C@H]4CCN(Cc5ccccc5)C[C@@H]4c4ccccc4)CC3)cnc21. The Kier molecular flexibility index (Phi) is 7.77. The number of piperidine rings is 2. The quantitative estimate of drug-likeness (QED) is 0.376. The number of carbonyl (C=O) groups is 1. The molecule has 2 aromatic heterocycles. The molecule has 2 aliphatic heterocycles. The molecule has 2 fully saturated rings. The number of aryl methyl sites for hydroxylation is 1. The summed E-state index contributed by atoms with van der Waals surface area (Å²) in [6, 6.07) is 22.7. The molecule has 0 unspecified atom stereocenters. The second-order valence-corrected chi connectivity index (χ2v) is 11.7. The predicted molar refractivity (Wildman–Crippen MR) is 159 cm³/mol. The van der Waals surface area contributed by atoms with Gasteiger partial charge in [-0.05, 0) is 49.9 Å². The number of fused-ring (bicyclic) bond motifs is 1. The number of benzene rings is 2. The number of likely N-dealkylation sites (tertiary alicyclic amines) is 2. The van der Waals surface area contributed by atoms with E-state index in [1.54, 1.807) is 12.4 Å². The molecule has 8 nitrogen and oxygen atoms in total. The van der Waals surface area contributed by atoms with E-state index in [4.69, 9.17) is 0 Å². The average Bonchev–Trinajstić information content (AvgIpc) is 3.44. The molecule has 2 atom stereocenters. The fraction of sp³-hybridized carbons (Fsp3) is 0.424. The van der Waals surface area contributed by atoms with Crippen LogP contribution in [0.1, 0.15) is 43.2 Å². The van der Waals surface area contributed by atoms with Crippen LogP contribution < -0.4 is 5.56 Å². The first-order chi connectivity index (χ1) is 19.9. The van der Waals surface area contributed by atoms with Gasteiger partial charge in [0.05, 0.1) is 17.5 Å². The molecule has 6 rings (SSSR count). The Bertz CT molecular complexity index is 1540. The van der Waals surface area contributed by atoms with Crippen molar-refractivity contribution in [2.24, 2.45) is 5.92 Å². The molecule has 214 valence electrons. The van der Waals surface area contributed by atoms with Crippen LogP contribution in [-0.4, -0.2) is 66.7 Å². The zero-order valence-electron chi connectivity index (χ0n) is 23.7. The Morgan fingerprint density at radius 2 is 1.68 bits per heavy atom. The first-order valence-corrected chi connectivity index (χ1v) is 14.8. The topological polar surface area (TPSA) is 83.6 Å². The molecule has 8 heteroatoms. The monoisotopic (exact) mass is 553 g/mol.